The highest BCUT2D eigenvalue weighted by Gasteiger charge is 2.38. The molecule has 1 heterocycles. The molecule has 0 radical (unpaired) electrons. The zero-order valence-corrected chi connectivity index (χ0v) is 9.77. The van der Waals surface area contributed by atoms with Crippen molar-refractivity contribution in [2.75, 3.05) is 6.61 Å². The number of rotatable bonds is 3. The van der Waals surface area contributed by atoms with Gasteiger partial charge in [0.2, 0.25) is 0 Å². The van der Waals surface area contributed by atoms with Crippen LogP contribution in [0.2, 0.25) is 5.15 Å². The monoisotopic (exact) mass is 301 g/mol. The number of alkyl halides is 3. The summed E-state index contributed by atoms with van der Waals surface area (Å²) >= 11 is 5.52. The van der Waals surface area contributed by atoms with Gasteiger partial charge in [0.25, 0.3) is 0 Å². The van der Waals surface area contributed by atoms with E-state index in [9.17, 15) is 18.0 Å². The van der Waals surface area contributed by atoms with E-state index in [0.29, 0.717) is 5.75 Å². The molecule has 106 valence electrons. The normalized spacial score (nSPS) is 10.1. The maximum absolute atomic E-state index is 10.6. The van der Waals surface area contributed by atoms with Crippen LogP contribution >= 0.6 is 11.6 Å². The predicted molar refractivity (Wildman–Crippen MR) is 56.1 cm³/mol. The van der Waals surface area contributed by atoms with Crippen LogP contribution in [0.3, 0.4) is 0 Å². The molecule has 10 heteroatoms. The van der Waals surface area contributed by atoms with E-state index in [2.05, 4.69) is 4.98 Å². The Hall–Kier alpha value is -2.03. The number of aliphatic carboxylic acids is 2. The van der Waals surface area contributed by atoms with Crippen molar-refractivity contribution in [2.45, 2.75) is 6.18 Å². The summed E-state index contributed by atoms with van der Waals surface area (Å²) in [4.78, 5) is 22.7. The minimum Gasteiger partial charge on any atom is -0.482 e. The molecule has 0 aromatic carbocycles. The SMILES string of the molecule is O=C(O)C(F)(F)F.O=C(O)COc1ccnc(Cl)c1. The molecule has 19 heavy (non-hydrogen) atoms. The third-order valence-corrected chi connectivity index (χ3v) is 1.51. The second kappa shape index (κ2) is 7.41. The largest absolute Gasteiger partial charge is 0.490 e. The molecule has 0 saturated carbocycles. The molecule has 0 amide bonds. The molecule has 0 atom stereocenters. The quantitative estimate of drug-likeness (QED) is 0.827. The van der Waals surface area contributed by atoms with Gasteiger partial charge in [-0.05, 0) is 6.07 Å². The Morgan fingerprint density at radius 2 is 1.89 bits per heavy atom. The van der Waals surface area contributed by atoms with Crippen LogP contribution in [0.5, 0.6) is 5.75 Å². The molecular weight excluding hydrogens is 295 g/mol. The highest BCUT2D eigenvalue weighted by atomic mass is 35.5. The lowest BCUT2D eigenvalue weighted by atomic mass is 10.4. The first-order chi connectivity index (χ1) is 8.62. The summed E-state index contributed by atoms with van der Waals surface area (Å²) < 4.78 is 36.6. The fraction of sp³-hybridized carbons (Fsp3) is 0.222. The second-order valence-electron chi connectivity index (χ2n) is 2.80. The van der Waals surface area contributed by atoms with Crippen LogP contribution in [-0.4, -0.2) is 39.9 Å². The topological polar surface area (TPSA) is 96.7 Å². The number of carboxylic acid groups (broad SMARTS) is 2. The molecule has 1 aromatic rings. The Morgan fingerprint density at radius 3 is 2.26 bits per heavy atom. The summed E-state index contributed by atoms with van der Waals surface area (Å²) in [6.45, 7) is -0.375. The van der Waals surface area contributed by atoms with Crippen molar-refractivity contribution in [1.82, 2.24) is 4.98 Å². The van der Waals surface area contributed by atoms with Crippen LogP contribution < -0.4 is 4.74 Å². The average Bonchev–Trinajstić information content (AvgIpc) is 2.26. The number of ether oxygens (including phenoxy) is 1. The maximum Gasteiger partial charge on any atom is 0.490 e. The Balaban J connectivity index is 0.000000399. The number of aromatic nitrogens is 1. The molecule has 0 saturated heterocycles. The molecule has 2 N–H and O–H groups in total. The highest BCUT2D eigenvalue weighted by Crippen LogP contribution is 2.14. The van der Waals surface area contributed by atoms with E-state index in [1.54, 1.807) is 0 Å². The van der Waals surface area contributed by atoms with Gasteiger partial charge >= 0.3 is 18.1 Å². The van der Waals surface area contributed by atoms with Crippen LogP contribution in [0.1, 0.15) is 0 Å². The highest BCUT2D eigenvalue weighted by molar-refractivity contribution is 6.29. The minimum absolute atomic E-state index is 0.276. The summed E-state index contributed by atoms with van der Waals surface area (Å²) in [7, 11) is 0. The molecule has 0 spiro atoms. The molecule has 0 bridgehead atoms. The fourth-order valence-corrected chi connectivity index (χ4v) is 0.783. The van der Waals surface area contributed by atoms with Crippen molar-refractivity contribution in [3.05, 3.63) is 23.5 Å². The third-order valence-electron chi connectivity index (χ3n) is 1.30. The van der Waals surface area contributed by atoms with Gasteiger partial charge in [-0.25, -0.2) is 14.6 Å². The van der Waals surface area contributed by atoms with E-state index in [0.717, 1.165) is 0 Å². The number of pyridine rings is 1. The van der Waals surface area contributed by atoms with Gasteiger partial charge in [-0.15, -0.1) is 0 Å². The van der Waals surface area contributed by atoms with Crippen LogP contribution in [0.4, 0.5) is 13.2 Å². The molecule has 0 aliphatic heterocycles. The Labute approximate surface area is 109 Å². The average molecular weight is 302 g/mol. The summed E-state index contributed by atoms with van der Waals surface area (Å²) in [6, 6.07) is 2.99. The van der Waals surface area contributed by atoms with Crippen LogP contribution in [0.25, 0.3) is 0 Å². The van der Waals surface area contributed by atoms with E-state index in [1.165, 1.54) is 18.3 Å². The van der Waals surface area contributed by atoms with E-state index in [1.807, 2.05) is 0 Å². The minimum atomic E-state index is -5.08. The number of hydrogen-bond acceptors (Lipinski definition) is 4. The molecule has 1 aromatic heterocycles. The molecular formula is C9H7ClF3NO5. The zero-order chi connectivity index (χ0) is 15.1. The van der Waals surface area contributed by atoms with Crippen molar-refractivity contribution in [3.63, 3.8) is 0 Å². The van der Waals surface area contributed by atoms with Crippen LogP contribution in [-0.2, 0) is 9.59 Å². The van der Waals surface area contributed by atoms with Crippen molar-refractivity contribution >= 4 is 23.5 Å². The number of hydrogen-bond donors (Lipinski definition) is 2. The zero-order valence-electron chi connectivity index (χ0n) is 9.02. The van der Waals surface area contributed by atoms with Crippen molar-refractivity contribution < 1.29 is 37.7 Å². The lowest BCUT2D eigenvalue weighted by Crippen LogP contribution is -2.21. The molecule has 0 aliphatic carbocycles. The first-order valence-electron chi connectivity index (χ1n) is 4.39. The van der Waals surface area contributed by atoms with Crippen LogP contribution in [0, 0.1) is 0 Å². The lowest BCUT2D eigenvalue weighted by Gasteiger charge is -2.01. The summed E-state index contributed by atoms with van der Waals surface area (Å²) in [6.07, 6.45) is -3.64. The van der Waals surface area contributed by atoms with Gasteiger partial charge in [-0.3, -0.25) is 0 Å². The van der Waals surface area contributed by atoms with Crippen LogP contribution in [0.15, 0.2) is 18.3 Å². The smallest absolute Gasteiger partial charge is 0.482 e. The van der Waals surface area contributed by atoms with Gasteiger partial charge in [-0.1, -0.05) is 11.6 Å². The molecule has 0 aliphatic rings. The molecule has 1 rings (SSSR count). The molecule has 0 unspecified atom stereocenters. The van der Waals surface area contributed by atoms with E-state index in [4.69, 9.17) is 31.3 Å². The van der Waals surface area contributed by atoms with Gasteiger partial charge < -0.3 is 14.9 Å². The van der Waals surface area contributed by atoms with Crippen molar-refractivity contribution in [1.29, 1.82) is 0 Å². The molecule has 6 nitrogen and oxygen atoms in total. The predicted octanol–water partition coefficient (Wildman–Crippen LogP) is 1.83. The number of halogens is 4. The van der Waals surface area contributed by atoms with Gasteiger partial charge in [0.1, 0.15) is 10.9 Å². The van der Waals surface area contributed by atoms with E-state index in [-0.39, 0.29) is 11.8 Å². The second-order valence-corrected chi connectivity index (χ2v) is 3.19. The Kier molecular flexibility index (Phi) is 6.62. The first kappa shape index (κ1) is 17.0. The summed E-state index contributed by atoms with van der Waals surface area (Å²) in [5.74, 6) is -3.38. The number of nitrogens with zero attached hydrogens (tertiary/aromatic N) is 1. The van der Waals surface area contributed by atoms with Gasteiger partial charge in [0.05, 0.1) is 0 Å². The van der Waals surface area contributed by atoms with E-state index >= 15 is 0 Å². The molecule has 0 fully saturated rings. The fourth-order valence-electron chi connectivity index (χ4n) is 0.620. The standard InChI is InChI=1S/C7H6ClNO3.C2HF3O2/c8-6-3-5(1-2-9-6)12-4-7(10)11;3-2(4,5)1(6)7/h1-3H,4H2,(H,10,11);(H,6,7). The number of carbonyl (C=O) groups is 2. The van der Waals surface area contributed by atoms with E-state index < -0.39 is 18.1 Å². The van der Waals surface area contributed by atoms with Gasteiger partial charge in [0.15, 0.2) is 6.61 Å². The number of carboxylic acids is 2. The van der Waals surface area contributed by atoms with Crippen molar-refractivity contribution in [3.8, 4) is 5.75 Å². The Bertz CT molecular complexity index is 452. The summed E-state index contributed by atoms with van der Waals surface area (Å²) in [5.41, 5.74) is 0. The maximum atomic E-state index is 10.6. The summed E-state index contributed by atoms with van der Waals surface area (Å²) in [5, 5.41) is 15.7. The van der Waals surface area contributed by atoms with Crippen molar-refractivity contribution in [2.24, 2.45) is 0 Å². The van der Waals surface area contributed by atoms with Gasteiger partial charge in [0, 0.05) is 12.3 Å². The van der Waals surface area contributed by atoms with Gasteiger partial charge in [-0.2, -0.15) is 13.2 Å². The first-order valence-corrected chi connectivity index (χ1v) is 4.77. The lowest BCUT2D eigenvalue weighted by molar-refractivity contribution is -0.192. The third kappa shape index (κ3) is 8.66. The Morgan fingerprint density at radius 1 is 1.37 bits per heavy atom.